The number of nitrogens with zero attached hydrogens (tertiary/aromatic N) is 3. The molecule has 1 amide bonds. The minimum atomic E-state index is -4.50. The van der Waals surface area contributed by atoms with E-state index in [0.717, 1.165) is 46.6 Å². The number of carbonyl (C=O) groups excluding carboxylic acids is 1. The fourth-order valence-corrected chi connectivity index (χ4v) is 6.34. The zero-order valence-electron chi connectivity index (χ0n) is 17.6. The van der Waals surface area contributed by atoms with Crippen molar-refractivity contribution >= 4 is 50.6 Å². The molecule has 11 heteroatoms. The van der Waals surface area contributed by atoms with Gasteiger partial charge in [0, 0.05) is 23.4 Å². The average molecular weight is 495 g/mol. The molecule has 2 aliphatic rings. The quantitative estimate of drug-likeness (QED) is 0.407. The number of aryl methyl sites for hydroxylation is 2. The summed E-state index contributed by atoms with van der Waals surface area (Å²) >= 11 is 2.96. The highest BCUT2D eigenvalue weighted by atomic mass is 32.2. The van der Waals surface area contributed by atoms with Gasteiger partial charge in [-0.25, -0.2) is 9.97 Å². The van der Waals surface area contributed by atoms with Gasteiger partial charge in [-0.1, -0.05) is 11.8 Å². The molecule has 33 heavy (non-hydrogen) atoms. The van der Waals surface area contributed by atoms with Gasteiger partial charge in [-0.15, -0.1) is 11.3 Å². The molecule has 0 unspecified atom stereocenters. The first-order valence-corrected chi connectivity index (χ1v) is 12.4. The lowest BCUT2D eigenvalue weighted by Gasteiger charge is -2.31. The van der Waals surface area contributed by atoms with Crippen molar-refractivity contribution in [2.45, 2.75) is 30.5 Å². The molecular formula is C22H21F3N4O2S2. The lowest BCUT2D eigenvalue weighted by atomic mass is 10.1. The summed E-state index contributed by atoms with van der Waals surface area (Å²) in [6.45, 7) is 2.06. The van der Waals surface area contributed by atoms with Gasteiger partial charge >= 0.3 is 6.18 Å². The minimum absolute atomic E-state index is 0.0372. The van der Waals surface area contributed by atoms with Crippen LogP contribution in [0, 0.1) is 0 Å². The summed E-state index contributed by atoms with van der Waals surface area (Å²) in [4.78, 5) is 25.7. The van der Waals surface area contributed by atoms with E-state index in [2.05, 4.69) is 15.3 Å². The van der Waals surface area contributed by atoms with Crippen molar-refractivity contribution in [3.8, 4) is 0 Å². The summed E-state index contributed by atoms with van der Waals surface area (Å²) < 4.78 is 45.3. The molecule has 1 saturated heterocycles. The van der Waals surface area contributed by atoms with Crippen LogP contribution in [0.1, 0.15) is 22.4 Å². The van der Waals surface area contributed by atoms with E-state index >= 15 is 0 Å². The van der Waals surface area contributed by atoms with E-state index in [1.54, 1.807) is 11.3 Å². The highest BCUT2D eigenvalue weighted by Crippen LogP contribution is 2.40. The largest absolute Gasteiger partial charge is 0.416 e. The fraction of sp³-hybridized carbons (Fsp3) is 0.409. The van der Waals surface area contributed by atoms with Crippen LogP contribution in [0.2, 0.25) is 0 Å². The van der Waals surface area contributed by atoms with Gasteiger partial charge in [0.25, 0.3) is 0 Å². The van der Waals surface area contributed by atoms with E-state index in [1.165, 1.54) is 34.6 Å². The number of carbonyl (C=O) groups is 1. The molecule has 5 rings (SSSR count). The predicted octanol–water partition coefficient (Wildman–Crippen LogP) is 4.77. The Morgan fingerprint density at radius 2 is 2.03 bits per heavy atom. The summed E-state index contributed by atoms with van der Waals surface area (Å²) in [5.41, 5.74) is 1.19. The van der Waals surface area contributed by atoms with Crippen molar-refractivity contribution in [3.05, 3.63) is 40.5 Å². The summed E-state index contributed by atoms with van der Waals surface area (Å²) in [5, 5.41) is 4.46. The molecule has 0 atom stereocenters. The van der Waals surface area contributed by atoms with Crippen molar-refractivity contribution in [3.63, 3.8) is 0 Å². The molecule has 2 aromatic heterocycles. The van der Waals surface area contributed by atoms with Crippen LogP contribution < -0.4 is 10.2 Å². The second-order valence-electron chi connectivity index (χ2n) is 7.88. The van der Waals surface area contributed by atoms with Crippen molar-refractivity contribution in [2.75, 3.05) is 42.3 Å². The average Bonchev–Trinajstić information content (AvgIpc) is 3.39. The number of hydrogen-bond acceptors (Lipinski definition) is 7. The Bertz CT molecular complexity index is 1190. The van der Waals surface area contributed by atoms with Crippen LogP contribution >= 0.6 is 23.1 Å². The maximum absolute atomic E-state index is 13.3. The molecule has 1 N–H and O–H groups in total. The van der Waals surface area contributed by atoms with E-state index in [0.29, 0.717) is 32.0 Å². The van der Waals surface area contributed by atoms with Gasteiger partial charge in [0.05, 0.1) is 35.9 Å². The number of rotatable bonds is 5. The minimum Gasteiger partial charge on any atom is -0.378 e. The summed E-state index contributed by atoms with van der Waals surface area (Å²) in [6.07, 6.45) is 0.133. The fourth-order valence-electron chi connectivity index (χ4n) is 4.22. The van der Waals surface area contributed by atoms with E-state index in [9.17, 15) is 18.0 Å². The van der Waals surface area contributed by atoms with E-state index in [4.69, 9.17) is 4.74 Å². The second kappa shape index (κ2) is 9.11. The predicted molar refractivity (Wildman–Crippen MR) is 123 cm³/mol. The zero-order valence-corrected chi connectivity index (χ0v) is 19.2. The number of hydrogen-bond donors (Lipinski definition) is 1. The highest BCUT2D eigenvalue weighted by molar-refractivity contribution is 8.00. The maximum atomic E-state index is 13.3. The van der Waals surface area contributed by atoms with Gasteiger partial charge in [-0.2, -0.15) is 13.2 Å². The van der Waals surface area contributed by atoms with Gasteiger partial charge in [0.15, 0.2) is 0 Å². The summed E-state index contributed by atoms with van der Waals surface area (Å²) in [7, 11) is 0. The van der Waals surface area contributed by atoms with Crippen molar-refractivity contribution in [2.24, 2.45) is 0 Å². The number of nitrogens with one attached hydrogen (secondary N) is 1. The third-order valence-corrected chi connectivity index (χ3v) is 7.95. The van der Waals surface area contributed by atoms with Gasteiger partial charge in [0.1, 0.15) is 16.2 Å². The maximum Gasteiger partial charge on any atom is 0.416 e. The standard InChI is InChI=1S/C22H21F3N4O2S2/c23-22(24,25)13-4-5-16(29-6-8-31-9-7-29)15(10-13)28-18(30)11-32-20-19-14-2-1-3-17(14)33-21(19)27-12-26-20/h4-5,10,12H,1-3,6-9,11H2,(H,28,30). The van der Waals surface area contributed by atoms with E-state index < -0.39 is 11.7 Å². The van der Waals surface area contributed by atoms with Crippen LogP contribution in [0.4, 0.5) is 24.5 Å². The van der Waals surface area contributed by atoms with Crippen molar-refractivity contribution < 1.29 is 22.7 Å². The molecule has 0 bridgehead atoms. The first-order chi connectivity index (χ1) is 15.9. The Kier molecular flexibility index (Phi) is 6.19. The third kappa shape index (κ3) is 4.67. The molecule has 0 saturated carbocycles. The molecule has 6 nitrogen and oxygen atoms in total. The van der Waals surface area contributed by atoms with Gasteiger partial charge in [-0.3, -0.25) is 4.79 Å². The lowest BCUT2D eigenvalue weighted by Crippen LogP contribution is -2.37. The Morgan fingerprint density at radius 3 is 2.82 bits per heavy atom. The number of morpholine rings is 1. The number of aromatic nitrogens is 2. The molecule has 1 aliphatic carbocycles. The number of halogens is 3. The Balaban J connectivity index is 1.36. The van der Waals surface area contributed by atoms with Crippen LogP contribution in [0.5, 0.6) is 0 Å². The molecule has 0 spiro atoms. The lowest BCUT2D eigenvalue weighted by molar-refractivity contribution is -0.137. The number of fused-ring (bicyclic) bond motifs is 3. The van der Waals surface area contributed by atoms with E-state index in [1.807, 2.05) is 4.90 Å². The Morgan fingerprint density at radius 1 is 1.21 bits per heavy atom. The normalized spacial score (nSPS) is 16.3. The molecule has 0 radical (unpaired) electrons. The SMILES string of the molecule is O=C(CSc1ncnc2sc3c(c12)CCC3)Nc1cc(C(F)(F)F)ccc1N1CCOCC1. The number of thioether (sulfide) groups is 1. The van der Waals surface area contributed by atoms with Crippen molar-refractivity contribution in [1.82, 2.24) is 9.97 Å². The first-order valence-electron chi connectivity index (χ1n) is 10.6. The molecule has 1 aliphatic heterocycles. The molecule has 174 valence electrons. The summed E-state index contributed by atoms with van der Waals surface area (Å²) in [5.74, 6) is -0.345. The van der Waals surface area contributed by atoms with Gasteiger partial charge in [0.2, 0.25) is 5.91 Å². The first kappa shape index (κ1) is 22.4. The third-order valence-electron chi connectivity index (χ3n) is 5.76. The number of amides is 1. The van der Waals surface area contributed by atoms with Crippen molar-refractivity contribution in [1.29, 1.82) is 0 Å². The zero-order chi connectivity index (χ0) is 23.0. The second-order valence-corrected chi connectivity index (χ2v) is 9.93. The number of benzene rings is 1. The molecule has 3 aromatic rings. The van der Waals surface area contributed by atoms with E-state index in [-0.39, 0.29) is 17.3 Å². The monoisotopic (exact) mass is 494 g/mol. The van der Waals surface area contributed by atoms with Gasteiger partial charge < -0.3 is 15.0 Å². The van der Waals surface area contributed by atoms with Crippen LogP contribution in [-0.2, 0) is 28.5 Å². The smallest absolute Gasteiger partial charge is 0.378 e. The molecule has 3 heterocycles. The van der Waals surface area contributed by atoms with Crippen LogP contribution in [0.25, 0.3) is 10.2 Å². The topological polar surface area (TPSA) is 67.4 Å². The Labute approximate surface area is 196 Å². The number of anilines is 2. The summed E-state index contributed by atoms with van der Waals surface area (Å²) in [6, 6.07) is 3.46. The molecular weight excluding hydrogens is 473 g/mol. The van der Waals surface area contributed by atoms with Gasteiger partial charge in [-0.05, 0) is 43.0 Å². The Hall–Kier alpha value is -2.37. The van der Waals surface area contributed by atoms with Crippen LogP contribution in [0.15, 0.2) is 29.6 Å². The van der Waals surface area contributed by atoms with Crippen LogP contribution in [0.3, 0.4) is 0 Å². The number of alkyl halides is 3. The number of ether oxygens (including phenoxy) is 1. The number of thiophene rings is 1. The molecule has 1 aromatic carbocycles. The highest BCUT2D eigenvalue weighted by Gasteiger charge is 2.32. The van der Waals surface area contributed by atoms with Crippen LogP contribution in [-0.4, -0.2) is 47.9 Å². The molecule has 1 fully saturated rings.